The average Bonchev–Trinajstić information content (AvgIpc) is 3.21. The van der Waals surface area contributed by atoms with Crippen molar-refractivity contribution >= 4 is 14.0 Å². The average molecular weight is 541 g/mol. The highest BCUT2D eigenvalue weighted by molar-refractivity contribution is 6.81. The van der Waals surface area contributed by atoms with E-state index in [9.17, 15) is 4.79 Å². The summed E-state index contributed by atoms with van der Waals surface area (Å²) in [7, 11) is 0.00738. The number of fused-ring (bicyclic) bond motifs is 2. The molecule has 0 unspecified atom stereocenters. The minimum absolute atomic E-state index is 0.0272. The molecular formula is C31H44O6Si. The van der Waals surface area contributed by atoms with Crippen LogP contribution in [0.3, 0.4) is 0 Å². The molecule has 2 aromatic rings. The molecule has 0 saturated carbocycles. The second-order valence-corrected chi connectivity index (χ2v) is 16.3. The Balaban J connectivity index is 1.51. The highest BCUT2D eigenvalue weighted by Gasteiger charge is 2.52. The van der Waals surface area contributed by atoms with E-state index in [0.29, 0.717) is 38.2 Å². The zero-order valence-electron chi connectivity index (χ0n) is 23.4. The minimum atomic E-state index is -1.66. The maximum atomic E-state index is 12.8. The van der Waals surface area contributed by atoms with E-state index < -0.39 is 14.2 Å². The van der Waals surface area contributed by atoms with Crippen LogP contribution in [-0.4, -0.2) is 52.2 Å². The molecule has 7 heteroatoms. The summed E-state index contributed by atoms with van der Waals surface area (Å²) in [5.41, 5.74) is 2.60. The van der Waals surface area contributed by atoms with E-state index in [2.05, 4.69) is 32.9 Å². The molecule has 5 atom stereocenters. The van der Waals surface area contributed by atoms with Crippen LogP contribution >= 0.6 is 0 Å². The fourth-order valence-electron chi connectivity index (χ4n) is 6.29. The highest BCUT2D eigenvalue weighted by atomic mass is 28.3. The third kappa shape index (κ3) is 6.86. The summed E-state index contributed by atoms with van der Waals surface area (Å²) in [6.07, 6.45) is 1.38. The van der Waals surface area contributed by atoms with Crippen LogP contribution in [0.15, 0.2) is 54.6 Å². The molecule has 0 spiro atoms. The summed E-state index contributed by atoms with van der Waals surface area (Å²) in [5, 5.41) is 0. The van der Waals surface area contributed by atoms with Crippen LogP contribution in [0, 0.1) is 0 Å². The number of benzene rings is 2. The smallest absolute Gasteiger partial charge is 0.335 e. The molecule has 6 nitrogen and oxygen atoms in total. The monoisotopic (exact) mass is 540 g/mol. The first-order valence-electron chi connectivity index (χ1n) is 14.2. The van der Waals surface area contributed by atoms with Gasteiger partial charge >= 0.3 is 5.97 Å². The molecule has 2 aliphatic rings. The molecule has 38 heavy (non-hydrogen) atoms. The number of carbonyl (C=O) groups excluding carboxylic acids is 1. The molecule has 0 N–H and O–H groups in total. The zero-order chi connectivity index (χ0) is 27.0. The van der Waals surface area contributed by atoms with Gasteiger partial charge in [0, 0.05) is 13.0 Å². The van der Waals surface area contributed by atoms with E-state index in [0.717, 1.165) is 23.3 Å². The Bertz CT molecular complexity index is 985. The number of esters is 1. The molecule has 4 rings (SSSR count). The maximum absolute atomic E-state index is 12.8. The molecular weight excluding hydrogens is 496 g/mol. The van der Waals surface area contributed by atoms with Crippen LogP contribution in [-0.2, 0) is 37.0 Å². The van der Waals surface area contributed by atoms with Crippen molar-refractivity contribution in [2.45, 2.75) is 101 Å². The predicted octanol–water partition coefficient (Wildman–Crippen LogP) is 6.54. The largest absolute Gasteiger partial charge is 0.497 e. The van der Waals surface area contributed by atoms with E-state index in [4.69, 9.17) is 23.7 Å². The molecule has 2 heterocycles. The summed E-state index contributed by atoms with van der Waals surface area (Å²) < 4.78 is 30.4. The Morgan fingerprint density at radius 1 is 0.921 bits per heavy atom. The summed E-state index contributed by atoms with van der Waals surface area (Å²) in [5.74, 6) is 0.620. The quantitative estimate of drug-likeness (QED) is 0.154. The topological polar surface area (TPSA) is 63.2 Å². The van der Waals surface area contributed by atoms with E-state index in [1.54, 1.807) is 7.11 Å². The van der Waals surface area contributed by atoms with Gasteiger partial charge in [-0.05, 0) is 41.6 Å². The first kappa shape index (κ1) is 28.8. The van der Waals surface area contributed by atoms with Gasteiger partial charge in [-0.1, -0.05) is 81.4 Å². The summed E-state index contributed by atoms with van der Waals surface area (Å²) in [6.45, 7) is 8.56. The van der Waals surface area contributed by atoms with Crippen LogP contribution in [0.2, 0.25) is 23.7 Å². The summed E-state index contributed by atoms with van der Waals surface area (Å²) >= 11 is 0. The SMILES string of the molecule is CC[Si](CC)(CC)[C@H]1C[C@@H]([C@H](CCOCc2ccccc2)OCc2ccc(OC)cc2)O[C@@H]2C[C@H]1OC2=O. The van der Waals surface area contributed by atoms with Crippen LogP contribution in [0.1, 0.15) is 51.2 Å². The fourth-order valence-corrected chi connectivity index (χ4v) is 11.1. The van der Waals surface area contributed by atoms with Gasteiger partial charge in [0.1, 0.15) is 11.9 Å². The normalized spacial score (nSPS) is 24.1. The molecule has 2 aliphatic heterocycles. The molecule has 2 fully saturated rings. The second kappa shape index (κ2) is 13.7. The highest BCUT2D eigenvalue weighted by Crippen LogP contribution is 2.47. The van der Waals surface area contributed by atoms with Crippen LogP contribution in [0.4, 0.5) is 0 Å². The van der Waals surface area contributed by atoms with Gasteiger partial charge in [0.05, 0.1) is 40.6 Å². The number of ether oxygens (including phenoxy) is 5. The van der Waals surface area contributed by atoms with Crippen molar-refractivity contribution in [3.8, 4) is 5.75 Å². The number of hydrogen-bond donors (Lipinski definition) is 0. The Labute approximate surface area is 229 Å². The molecule has 0 aliphatic carbocycles. The van der Waals surface area contributed by atoms with Gasteiger partial charge in [0.15, 0.2) is 6.10 Å². The lowest BCUT2D eigenvalue weighted by atomic mass is 10.0. The van der Waals surface area contributed by atoms with Gasteiger partial charge in [0.25, 0.3) is 0 Å². The van der Waals surface area contributed by atoms with Gasteiger partial charge in [-0.2, -0.15) is 0 Å². The molecule has 0 amide bonds. The van der Waals surface area contributed by atoms with Gasteiger partial charge in [-0.25, -0.2) is 4.79 Å². The lowest BCUT2D eigenvalue weighted by Crippen LogP contribution is -2.46. The van der Waals surface area contributed by atoms with E-state index in [-0.39, 0.29) is 24.3 Å². The van der Waals surface area contributed by atoms with E-state index in [1.165, 1.54) is 18.1 Å². The van der Waals surface area contributed by atoms with E-state index in [1.807, 2.05) is 42.5 Å². The van der Waals surface area contributed by atoms with Crippen molar-refractivity contribution in [2.24, 2.45) is 0 Å². The van der Waals surface area contributed by atoms with Crippen molar-refractivity contribution in [2.75, 3.05) is 13.7 Å². The third-order valence-electron chi connectivity index (χ3n) is 8.85. The molecule has 0 radical (unpaired) electrons. The van der Waals surface area contributed by atoms with E-state index >= 15 is 0 Å². The molecule has 0 aromatic heterocycles. The fraction of sp³-hybridized carbons (Fsp3) is 0.581. The Hall–Kier alpha value is -2.19. The molecule has 2 aromatic carbocycles. The number of rotatable bonds is 14. The van der Waals surface area contributed by atoms with Crippen molar-refractivity contribution in [3.63, 3.8) is 0 Å². The lowest BCUT2D eigenvalue weighted by molar-refractivity contribution is -0.164. The third-order valence-corrected chi connectivity index (χ3v) is 15.3. The molecule has 208 valence electrons. The minimum Gasteiger partial charge on any atom is -0.497 e. The molecule has 2 bridgehead atoms. The van der Waals surface area contributed by atoms with Crippen molar-refractivity contribution in [3.05, 3.63) is 65.7 Å². The Morgan fingerprint density at radius 2 is 1.61 bits per heavy atom. The van der Waals surface area contributed by atoms with Gasteiger partial charge in [-0.3, -0.25) is 0 Å². The van der Waals surface area contributed by atoms with Gasteiger partial charge < -0.3 is 23.7 Å². The van der Waals surface area contributed by atoms with Crippen LogP contribution in [0.25, 0.3) is 0 Å². The summed E-state index contributed by atoms with van der Waals surface area (Å²) in [6, 6.07) is 21.7. The Morgan fingerprint density at radius 3 is 2.26 bits per heavy atom. The summed E-state index contributed by atoms with van der Waals surface area (Å²) in [4.78, 5) is 12.8. The number of methoxy groups -OCH3 is 1. The van der Waals surface area contributed by atoms with Crippen LogP contribution in [0.5, 0.6) is 5.75 Å². The van der Waals surface area contributed by atoms with Crippen molar-refractivity contribution in [1.82, 2.24) is 0 Å². The van der Waals surface area contributed by atoms with Gasteiger partial charge in [0.2, 0.25) is 0 Å². The standard InChI is InChI=1S/C31H44O6Si/c1-5-38(6-2,7-3)30-20-27(36-29-19-28(30)37-31(29)32)26(17-18-34-21-23-11-9-8-10-12-23)35-22-24-13-15-25(33-4)16-14-24/h8-16,26-30H,5-7,17-22H2,1-4H3/t26-,27-,28+,29+,30-/m0/s1. The van der Waals surface area contributed by atoms with Crippen molar-refractivity contribution in [1.29, 1.82) is 0 Å². The molecule has 2 saturated heterocycles. The first-order valence-corrected chi connectivity index (χ1v) is 16.9. The second-order valence-electron chi connectivity index (χ2n) is 10.7. The zero-order valence-corrected chi connectivity index (χ0v) is 24.4. The number of hydrogen-bond acceptors (Lipinski definition) is 6. The lowest BCUT2D eigenvalue weighted by Gasteiger charge is -2.42. The predicted molar refractivity (Wildman–Crippen MR) is 151 cm³/mol. The van der Waals surface area contributed by atoms with Gasteiger partial charge in [-0.15, -0.1) is 0 Å². The first-order chi connectivity index (χ1) is 18.5. The van der Waals surface area contributed by atoms with Crippen LogP contribution < -0.4 is 4.74 Å². The number of carbonyl (C=O) groups is 1. The Kier molecular flexibility index (Phi) is 10.4. The maximum Gasteiger partial charge on any atom is 0.335 e. The van der Waals surface area contributed by atoms with Crippen molar-refractivity contribution < 1.29 is 28.5 Å².